The van der Waals surface area contributed by atoms with E-state index in [1.807, 2.05) is 11.7 Å². The topological polar surface area (TPSA) is 55.9 Å². The van der Waals surface area contributed by atoms with Gasteiger partial charge in [-0.1, -0.05) is 19.1 Å². The van der Waals surface area contributed by atoms with E-state index in [1.54, 1.807) is 0 Å². The van der Waals surface area contributed by atoms with E-state index in [0.717, 1.165) is 43.0 Å². The van der Waals surface area contributed by atoms with Crippen LogP contribution in [0, 0.1) is 6.92 Å². The van der Waals surface area contributed by atoms with Gasteiger partial charge in [-0.2, -0.15) is 5.10 Å². The molecule has 3 N–H and O–H groups in total. The number of aryl methyl sites for hydroxylation is 2. The number of aromatic nitrogens is 2. The van der Waals surface area contributed by atoms with Crippen molar-refractivity contribution in [3.63, 3.8) is 0 Å². The van der Waals surface area contributed by atoms with Crippen molar-refractivity contribution in [2.24, 2.45) is 5.73 Å². The number of benzene rings is 1. The number of hydrogen-bond acceptors (Lipinski definition) is 3. The van der Waals surface area contributed by atoms with Crippen LogP contribution in [0.15, 0.2) is 24.3 Å². The molecule has 108 valence electrons. The van der Waals surface area contributed by atoms with E-state index >= 15 is 0 Å². The van der Waals surface area contributed by atoms with Gasteiger partial charge in [-0.15, -0.1) is 0 Å². The van der Waals surface area contributed by atoms with Crippen LogP contribution in [0.4, 0.5) is 5.82 Å². The highest BCUT2D eigenvalue weighted by molar-refractivity contribution is 5.53. The molecule has 0 saturated carbocycles. The predicted molar refractivity (Wildman–Crippen MR) is 84.6 cm³/mol. The predicted octanol–water partition coefficient (Wildman–Crippen LogP) is 2.68. The molecule has 0 amide bonds. The second-order valence-corrected chi connectivity index (χ2v) is 5.00. The maximum atomic E-state index is 5.58. The quantitative estimate of drug-likeness (QED) is 0.850. The Bertz CT molecular complexity index is 572. The molecule has 0 aliphatic carbocycles. The Morgan fingerprint density at radius 1 is 1.35 bits per heavy atom. The summed E-state index contributed by atoms with van der Waals surface area (Å²) in [6.45, 7) is 4.98. The largest absolute Gasteiger partial charge is 0.373 e. The molecule has 1 heterocycles. The number of hydrogen-bond donors (Lipinski definition) is 2. The highest BCUT2D eigenvalue weighted by Crippen LogP contribution is 2.23. The number of nitrogens with zero attached hydrogens (tertiary/aromatic N) is 2. The number of rotatable bonds is 6. The van der Waals surface area contributed by atoms with Gasteiger partial charge in [-0.3, -0.25) is 0 Å². The SMILES string of the molecule is CCc1nn(-c2cccc(CCCN)c2)c(NC)c1C. The van der Waals surface area contributed by atoms with Crippen LogP contribution in [0.3, 0.4) is 0 Å². The molecular weight excluding hydrogens is 248 g/mol. The fraction of sp³-hybridized carbons (Fsp3) is 0.438. The van der Waals surface area contributed by atoms with Crippen LogP contribution in [-0.4, -0.2) is 23.4 Å². The molecule has 0 fully saturated rings. The van der Waals surface area contributed by atoms with Gasteiger partial charge in [-0.05, 0) is 50.4 Å². The average Bonchev–Trinajstić information content (AvgIpc) is 2.81. The molecule has 2 rings (SSSR count). The molecule has 2 aromatic rings. The van der Waals surface area contributed by atoms with Gasteiger partial charge in [0.25, 0.3) is 0 Å². The van der Waals surface area contributed by atoms with E-state index in [0.29, 0.717) is 0 Å². The molecule has 0 bridgehead atoms. The third kappa shape index (κ3) is 2.85. The van der Waals surface area contributed by atoms with Crippen LogP contribution in [0.25, 0.3) is 5.69 Å². The van der Waals surface area contributed by atoms with E-state index in [2.05, 4.69) is 43.4 Å². The summed E-state index contributed by atoms with van der Waals surface area (Å²) in [5.41, 5.74) is 10.4. The van der Waals surface area contributed by atoms with Gasteiger partial charge >= 0.3 is 0 Å². The molecule has 0 aliphatic rings. The first-order valence-electron chi connectivity index (χ1n) is 7.26. The summed E-state index contributed by atoms with van der Waals surface area (Å²) in [5.74, 6) is 1.07. The molecule has 1 aromatic heterocycles. The van der Waals surface area contributed by atoms with Crippen LogP contribution >= 0.6 is 0 Å². The van der Waals surface area contributed by atoms with Gasteiger partial charge < -0.3 is 11.1 Å². The molecule has 1 aromatic carbocycles. The highest BCUT2D eigenvalue weighted by Gasteiger charge is 2.13. The van der Waals surface area contributed by atoms with Crippen molar-refractivity contribution in [1.29, 1.82) is 0 Å². The molecule has 0 radical (unpaired) electrons. The molecule has 0 aliphatic heterocycles. The smallest absolute Gasteiger partial charge is 0.132 e. The molecule has 20 heavy (non-hydrogen) atoms. The minimum Gasteiger partial charge on any atom is -0.373 e. The second kappa shape index (κ2) is 6.57. The van der Waals surface area contributed by atoms with Gasteiger partial charge in [0.1, 0.15) is 5.82 Å². The van der Waals surface area contributed by atoms with Gasteiger partial charge in [0.05, 0.1) is 11.4 Å². The Morgan fingerprint density at radius 3 is 2.80 bits per heavy atom. The van der Waals surface area contributed by atoms with Crippen LogP contribution in [-0.2, 0) is 12.8 Å². The lowest BCUT2D eigenvalue weighted by Crippen LogP contribution is -2.04. The molecule has 0 spiro atoms. The standard InChI is InChI=1S/C16H24N4/c1-4-15-12(2)16(18-3)20(19-15)14-9-5-7-13(11-14)8-6-10-17/h5,7,9,11,18H,4,6,8,10,17H2,1-3H3. The van der Waals surface area contributed by atoms with Gasteiger partial charge in [0.2, 0.25) is 0 Å². The van der Waals surface area contributed by atoms with Crippen molar-refractivity contribution in [1.82, 2.24) is 9.78 Å². The highest BCUT2D eigenvalue weighted by atomic mass is 15.3. The Morgan fingerprint density at radius 2 is 2.15 bits per heavy atom. The maximum absolute atomic E-state index is 5.58. The zero-order valence-corrected chi connectivity index (χ0v) is 12.6. The molecule has 0 saturated heterocycles. The summed E-state index contributed by atoms with van der Waals surface area (Å²) in [6.07, 6.45) is 2.97. The lowest BCUT2D eigenvalue weighted by molar-refractivity contribution is 0.820. The summed E-state index contributed by atoms with van der Waals surface area (Å²) in [7, 11) is 1.94. The minimum absolute atomic E-state index is 0.729. The van der Waals surface area contributed by atoms with Gasteiger partial charge in [0, 0.05) is 12.6 Å². The monoisotopic (exact) mass is 272 g/mol. The number of nitrogens with one attached hydrogen (secondary N) is 1. The fourth-order valence-electron chi connectivity index (χ4n) is 2.51. The average molecular weight is 272 g/mol. The summed E-state index contributed by atoms with van der Waals surface area (Å²) in [4.78, 5) is 0. The van der Waals surface area contributed by atoms with Crippen molar-refractivity contribution in [3.8, 4) is 5.69 Å². The summed E-state index contributed by atoms with van der Waals surface area (Å²) in [6, 6.07) is 8.53. The van der Waals surface area contributed by atoms with E-state index < -0.39 is 0 Å². The molecular formula is C16H24N4. The van der Waals surface area contributed by atoms with Crippen molar-refractivity contribution in [2.75, 3.05) is 18.9 Å². The van der Waals surface area contributed by atoms with Crippen molar-refractivity contribution in [3.05, 3.63) is 41.1 Å². The fourth-order valence-corrected chi connectivity index (χ4v) is 2.51. The zero-order chi connectivity index (χ0) is 14.5. The summed E-state index contributed by atoms with van der Waals surface area (Å²) in [5, 5.41) is 7.98. The first-order valence-corrected chi connectivity index (χ1v) is 7.26. The molecule has 4 heteroatoms. The maximum Gasteiger partial charge on any atom is 0.132 e. The molecule has 0 atom stereocenters. The van der Waals surface area contributed by atoms with E-state index in [4.69, 9.17) is 10.8 Å². The van der Waals surface area contributed by atoms with Gasteiger partial charge in [-0.25, -0.2) is 4.68 Å². The van der Waals surface area contributed by atoms with Crippen LogP contribution in [0.5, 0.6) is 0 Å². The van der Waals surface area contributed by atoms with Crippen LogP contribution in [0.2, 0.25) is 0 Å². The van der Waals surface area contributed by atoms with Crippen molar-refractivity contribution < 1.29 is 0 Å². The third-order valence-electron chi connectivity index (χ3n) is 3.62. The molecule has 4 nitrogen and oxygen atoms in total. The Balaban J connectivity index is 2.40. The van der Waals surface area contributed by atoms with Crippen LogP contribution in [0.1, 0.15) is 30.2 Å². The summed E-state index contributed by atoms with van der Waals surface area (Å²) >= 11 is 0. The normalized spacial score (nSPS) is 10.8. The van der Waals surface area contributed by atoms with E-state index in [9.17, 15) is 0 Å². The number of anilines is 1. The lowest BCUT2D eigenvalue weighted by Gasteiger charge is -2.09. The summed E-state index contributed by atoms with van der Waals surface area (Å²) < 4.78 is 2.00. The first-order chi connectivity index (χ1) is 9.71. The van der Waals surface area contributed by atoms with Crippen molar-refractivity contribution in [2.45, 2.75) is 33.1 Å². The van der Waals surface area contributed by atoms with Gasteiger partial charge in [0.15, 0.2) is 0 Å². The first kappa shape index (κ1) is 14.6. The van der Waals surface area contributed by atoms with E-state index in [-0.39, 0.29) is 0 Å². The Hall–Kier alpha value is -1.81. The minimum atomic E-state index is 0.729. The zero-order valence-electron chi connectivity index (χ0n) is 12.6. The lowest BCUT2D eigenvalue weighted by atomic mass is 10.1. The third-order valence-corrected chi connectivity index (χ3v) is 3.62. The number of nitrogens with two attached hydrogens (primary N) is 1. The van der Waals surface area contributed by atoms with E-state index in [1.165, 1.54) is 11.1 Å². The Kier molecular flexibility index (Phi) is 4.79. The second-order valence-electron chi connectivity index (χ2n) is 5.00. The molecule has 0 unspecified atom stereocenters. The Labute approximate surface area is 121 Å². The van der Waals surface area contributed by atoms with Crippen LogP contribution < -0.4 is 11.1 Å². The van der Waals surface area contributed by atoms with Crippen molar-refractivity contribution >= 4 is 5.82 Å².